The molecule has 0 radical (unpaired) electrons. The summed E-state index contributed by atoms with van der Waals surface area (Å²) in [5, 5.41) is 14.8. The van der Waals surface area contributed by atoms with Crippen LogP contribution in [-0.2, 0) is 40.0 Å². The number of halogens is 5. The van der Waals surface area contributed by atoms with Gasteiger partial charge in [0, 0.05) is 152 Å². The molecule has 1 fully saturated rings. The second-order valence-corrected chi connectivity index (χ2v) is 30.2. The Bertz CT molecular complexity index is 5650. The molecular weight excluding hydrogens is 1640 g/mol. The van der Waals surface area contributed by atoms with Crippen molar-refractivity contribution in [2.75, 3.05) is 120 Å². The molecule has 12 aromatic heterocycles. The summed E-state index contributed by atoms with van der Waals surface area (Å²) in [6.07, 6.45) is 36.4. The number of aromatic nitrogens is 17. The van der Waals surface area contributed by atoms with Crippen LogP contribution < -0.4 is 52.2 Å². The molecule has 117 heavy (non-hydrogen) atoms. The van der Waals surface area contributed by atoms with Gasteiger partial charge in [-0.1, -0.05) is 48.0 Å². The quantitative estimate of drug-likeness (QED) is 0.0285. The van der Waals surface area contributed by atoms with Gasteiger partial charge < -0.3 is 83.9 Å². The van der Waals surface area contributed by atoms with Crippen LogP contribution in [0.4, 0.5) is 45.8 Å². The maximum absolute atomic E-state index is 12.2. The van der Waals surface area contributed by atoms with E-state index in [1.807, 2.05) is 200 Å². The van der Waals surface area contributed by atoms with Gasteiger partial charge in [-0.3, -0.25) is 18.4 Å². The van der Waals surface area contributed by atoms with Gasteiger partial charge in [-0.2, -0.15) is 0 Å². The molecule has 0 saturated carbocycles. The third-order valence-corrected chi connectivity index (χ3v) is 19.4. The molecule has 1 aliphatic rings. The summed E-state index contributed by atoms with van der Waals surface area (Å²) in [5.74, 6) is 1.62. The number of anilines is 8. The number of imidazole rings is 3. The first kappa shape index (κ1) is 89.3. The number of fused-ring (bicyclic) bond motifs is 4. The first-order valence-corrected chi connectivity index (χ1v) is 38.4. The molecule has 32 nitrogen and oxygen atoms in total. The number of nitrogens with zero attached hydrogens (tertiary/aromatic N) is 21. The van der Waals surface area contributed by atoms with Gasteiger partial charge in [0.25, 0.3) is 0 Å². The van der Waals surface area contributed by atoms with E-state index in [0.29, 0.717) is 61.3 Å². The molecule has 14 aromatic rings. The molecule has 1 saturated heterocycles. The van der Waals surface area contributed by atoms with E-state index in [9.17, 15) is 9.59 Å². The highest BCUT2D eigenvalue weighted by Crippen LogP contribution is 2.40. The van der Waals surface area contributed by atoms with E-state index in [-0.39, 0.29) is 35.4 Å². The number of nitrogen functional groups attached to an aromatic ring is 2. The number of nitrogens with one attached hydrogen (secondary N) is 3. The largest absolute Gasteiger partial charge is 0.496 e. The zero-order valence-corrected chi connectivity index (χ0v) is 72.1. The average molecular weight is 1740 g/mol. The predicted molar refractivity (Wildman–Crippen MR) is 471 cm³/mol. The van der Waals surface area contributed by atoms with Crippen LogP contribution in [0.1, 0.15) is 27.7 Å². The van der Waals surface area contributed by atoms with Gasteiger partial charge in [0.1, 0.15) is 43.2 Å². The van der Waals surface area contributed by atoms with Crippen molar-refractivity contribution in [3.63, 3.8) is 0 Å². The minimum Gasteiger partial charge on any atom is -0.495 e. The molecule has 13 heterocycles. The normalized spacial score (nSPS) is 12.3. The number of ether oxygens (including phenoxy) is 2. The summed E-state index contributed by atoms with van der Waals surface area (Å²) in [7, 11) is 20.9. The number of benzene rings is 2. The third kappa shape index (κ3) is 24.5. The third-order valence-electron chi connectivity index (χ3n) is 18.0. The maximum atomic E-state index is 12.2. The van der Waals surface area contributed by atoms with Crippen molar-refractivity contribution in [2.24, 2.45) is 21.1 Å². The van der Waals surface area contributed by atoms with Crippen molar-refractivity contribution in [1.29, 1.82) is 0 Å². The van der Waals surface area contributed by atoms with E-state index < -0.39 is 0 Å². The maximum Gasteiger partial charge on any atom is 0.496 e. The van der Waals surface area contributed by atoms with Crippen molar-refractivity contribution in [3.8, 4) is 34.0 Å². The number of amides is 2. The van der Waals surface area contributed by atoms with E-state index in [1.54, 1.807) is 74.4 Å². The fourth-order valence-corrected chi connectivity index (χ4v) is 12.0. The SMILES string of the molecule is C=CC(=O)Nc1cc(N)c(OC)cc1N(C)CCN(C)C.C=CC(=O)Nc1cc(Nc2cn3c(-c4ccn(C)c4)cnc3cn2)c(OC)cc1N(C)CCN(C)C.Clc1cn2c(Br)cnc2cn1.Clc1cn2ccnc2cn1.Cn1ccc(-c2ccc3cnc(Cl)nn23)c1.Cn1ccc(B2OC(C)(C)C(C)(C)O2)c1.Nc1cnc(Cl)cn1. The van der Waals surface area contributed by atoms with Crippen molar-refractivity contribution in [1.82, 2.24) is 91.2 Å². The summed E-state index contributed by atoms with van der Waals surface area (Å²) < 4.78 is 37.1. The molecular formula is C79H94BBrCl4N26O6. The Labute approximate surface area is 706 Å². The smallest absolute Gasteiger partial charge is 0.495 e. The Kier molecular flexibility index (Phi) is 31.2. The van der Waals surface area contributed by atoms with E-state index >= 15 is 0 Å². The number of carbonyl (C=O) groups excluding carboxylic acids is 2. The molecule has 0 spiro atoms. The zero-order chi connectivity index (χ0) is 85.0. The Morgan fingerprint density at radius 2 is 1.10 bits per heavy atom. The number of hydrogen-bond donors (Lipinski definition) is 5. The van der Waals surface area contributed by atoms with Crippen molar-refractivity contribution in [3.05, 3.63) is 223 Å². The van der Waals surface area contributed by atoms with Gasteiger partial charge >= 0.3 is 7.12 Å². The number of carbonyl (C=O) groups is 2. The van der Waals surface area contributed by atoms with E-state index in [4.69, 9.17) is 76.7 Å². The second kappa shape index (κ2) is 40.8. The first-order chi connectivity index (χ1) is 55.6. The van der Waals surface area contributed by atoms with Gasteiger partial charge in [-0.05, 0) is 138 Å². The molecule has 38 heteroatoms. The summed E-state index contributed by atoms with van der Waals surface area (Å²) in [6.45, 7) is 18.6. The van der Waals surface area contributed by atoms with Crippen molar-refractivity contribution >= 4 is 155 Å². The zero-order valence-electron chi connectivity index (χ0n) is 67.5. The van der Waals surface area contributed by atoms with Gasteiger partial charge in [0.2, 0.25) is 17.1 Å². The summed E-state index contributed by atoms with van der Waals surface area (Å²) in [4.78, 5) is 68.1. The topological polar surface area (TPSA) is 333 Å². The summed E-state index contributed by atoms with van der Waals surface area (Å²) >= 11 is 25.8. The lowest BCUT2D eigenvalue weighted by molar-refractivity contribution is -0.112. The fraction of sp³-hybridized carbons (Fsp3) is 0.266. The molecule has 2 aromatic carbocycles. The minimum absolute atomic E-state index is 0.240. The van der Waals surface area contributed by atoms with Crippen LogP contribution in [0.3, 0.4) is 0 Å². The standard InChI is InChI=1S/C26H32N8O2.C15H24N4O2.C11H18BNO2.C11H9ClN4.C6H3BrClN3.C6H4ClN3.C4H4ClN3/c1-7-26(35)30-19-12-20(23(36-6)13-21(19)33(5)11-10-31(2)3)29-24-17-34-22(14-28-25(34)15-27-24)18-8-9-32(4)16-18;1-6-15(20)17-12-9-11(16)14(21-5)10-13(12)19(4)8-7-18(2)3;1-10(2)11(3,4)15-12(14-10)9-6-7-13(5)8-9;1-15-5-4-8(7-15)10-3-2-9-6-13-11(12)14-16(9)10;7-4-1-10-6-2-9-5(8)3-11(4)6;7-5-4-10-2-1-8-6(10)3-9-5;5-3-1-8-4(6)2-7-3/h7-9,12-17,29H,1,10-11H2,2-6H3,(H,30,35);6,9-10H,1,7-8,16H2,2-5H3,(H,17,20);6-8H,1-5H3;2-7H,1H3;1-3H;1-4H;1-2H,(H2,6,8). The number of methoxy groups -OCH3 is 2. The monoisotopic (exact) mass is 1730 g/mol. The second-order valence-electron chi connectivity index (χ2n) is 27.9. The van der Waals surface area contributed by atoms with Gasteiger partial charge in [-0.15, -0.1) is 5.10 Å². The van der Waals surface area contributed by atoms with Crippen LogP contribution in [0.5, 0.6) is 11.5 Å². The lowest BCUT2D eigenvalue weighted by Gasteiger charge is -2.32. The summed E-state index contributed by atoms with van der Waals surface area (Å²) in [5.41, 5.74) is 23.2. The number of aryl methyl sites for hydroxylation is 3. The number of hydrogen-bond acceptors (Lipinski definition) is 23. The van der Waals surface area contributed by atoms with E-state index in [0.717, 1.165) is 92.6 Å². The minimum atomic E-state index is -0.293. The van der Waals surface area contributed by atoms with E-state index in [2.05, 4.69) is 137 Å². The molecule has 0 atom stereocenters. The van der Waals surface area contributed by atoms with Crippen LogP contribution in [0.15, 0.2) is 202 Å². The molecule has 15 rings (SSSR count). The van der Waals surface area contributed by atoms with Crippen LogP contribution in [-0.4, -0.2) is 204 Å². The molecule has 0 bridgehead atoms. The van der Waals surface area contributed by atoms with Crippen molar-refractivity contribution < 1.29 is 28.4 Å². The molecule has 0 unspecified atom stereocenters. The Morgan fingerprint density at radius 1 is 0.556 bits per heavy atom. The van der Waals surface area contributed by atoms with Gasteiger partial charge in [0.15, 0.2) is 16.9 Å². The molecule has 2 amide bonds. The Hall–Kier alpha value is -11.6. The van der Waals surface area contributed by atoms with E-state index in [1.165, 1.54) is 24.5 Å². The number of likely N-dealkylation sites (N-methyl/N-ethyl adjacent to an activating group) is 4. The molecule has 1 aliphatic heterocycles. The summed E-state index contributed by atoms with van der Waals surface area (Å²) in [6, 6.07) is 17.4. The molecule has 614 valence electrons. The molecule has 7 N–H and O–H groups in total. The number of nitrogens with two attached hydrogens (primary N) is 2. The van der Waals surface area contributed by atoms with Crippen LogP contribution in [0, 0.1) is 0 Å². The highest BCUT2D eigenvalue weighted by molar-refractivity contribution is 9.10. The highest BCUT2D eigenvalue weighted by atomic mass is 79.9. The Morgan fingerprint density at radius 3 is 1.66 bits per heavy atom. The highest BCUT2D eigenvalue weighted by Gasteiger charge is 2.52. The molecule has 0 aliphatic carbocycles. The predicted octanol–water partition coefficient (Wildman–Crippen LogP) is 13.0. The lowest BCUT2D eigenvalue weighted by atomic mass is 9.81. The average Bonchev–Trinajstić information content (AvgIpc) is 1.62. The Balaban J connectivity index is 0.000000166. The first-order valence-electron chi connectivity index (χ1n) is 36.1. The van der Waals surface area contributed by atoms with Crippen LogP contribution >= 0.6 is 62.3 Å². The van der Waals surface area contributed by atoms with Gasteiger partial charge in [0.05, 0.1) is 132 Å². The van der Waals surface area contributed by atoms with Crippen LogP contribution in [0.25, 0.3) is 45.0 Å². The fourth-order valence-electron chi connectivity index (χ4n) is 11.1. The van der Waals surface area contributed by atoms with Crippen molar-refractivity contribution in [2.45, 2.75) is 38.9 Å². The van der Waals surface area contributed by atoms with Gasteiger partial charge in [-0.25, -0.2) is 49.4 Å². The number of rotatable bonds is 19. The van der Waals surface area contributed by atoms with Crippen LogP contribution in [0.2, 0.25) is 20.7 Å². The lowest BCUT2D eigenvalue weighted by Crippen LogP contribution is -2.41.